The first-order chi connectivity index (χ1) is 17.4. The van der Waals surface area contributed by atoms with Gasteiger partial charge in [-0.25, -0.2) is 0 Å². The quantitative estimate of drug-likeness (QED) is 0.233. The molecule has 0 spiro atoms. The van der Waals surface area contributed by atoms with E-state index >= 15 is 0 Å². The number of benzene rings is 3. The maximum absolute atomic E-state index is 13.3. The number of anilines is 2. The van der Waals surface area contributed by atoms with E-state index in [9.17, 15) is 18.4 Å². The van der Waals surface area contributed by atoms with Crippen molar-refractivity contribution in [2.45, 2.75) is 6.61 Å². The maximum Gasteiger partial charge on any atom is 0.387 e. The summed E-state index contributed by atoms with van der Waals surface area (Å²) in [7, 11) is 4.14. The second kappa shape index (κ2) is 12.2. The molecule has 0 aliphatic carbocycles. The van der Waals surface area contributed by atoms with E-state index in [1.54, 1.807) is 48.5 Å². The van der Waals surface area contributed by atoms with Gasteiger partial charge in [0.15, 0.2) is 11.5 Å². The van der Waals surface area contributed by atoms with Crippen LogP contribution < -0.4 is 29.6 Å². The van der Waals surface area contributed by atoms with Gasteiger partial charge in [0.25, 0.3) is 11.8 Å². The van der Waals surface area contributed by atoms with Crippen LogP contribution in [0.5, 0.6) is 23.0 Å². The highest BCUT2D eigenvalue weighted by atomic mass is 19.3. The van der Waals surface area contributed by atoms with Crippen molar-refractivity contribution in [1.82, 2.24) is 0 Å². The van der Waals surface area contributed by atoms with Gasteiger partial charge in [-0.1, -0.05) is 36.4 Å². The zero-order valence-corrected chi connectivity index (χ0v) is 19.7. The molecule has 2 amide bonds. The summed E-state index contributed by atoms with van der Waals surface area (Å²) in [5.74, 6) is -1.26. The Kier molecular flexibility index (Phi) is 8.82. The van der Waals surface area contributed by atoms with Gasteiger partial charge in [0.2, 0.25) is 0 Å². The summed E-state index contributed by atoms with van der Waals surface area (Å²) in [5.41, 5.74) is 0.223. The summed E-state index contributed by atoms with van der Waals surface area (Å²) >= 11 is 0. The molecule has 8 nitrogen and oxygen atoms in total. The van der Waals surface area contributed by atoms with Crippen LogP contribution in [0.2, 0.25) is 0 Å². The van der Waals surface area contributed by atoms with Gasteiger partial charge in [0.1, 0.15) is 17.1 Å². The molecule has 0 fully saturated rings. The zero-order chi connectivity index (χ0) is 26.1. The largest absolute Gasteiger partial charge is 0.495 e. The molecule has 36 heavy (non-hydrogen) atoms. The third kappa shape index (κ3) is 6.29. The molecule has 0 atom stereocenters. The normalized spacial score (nSPS) is 10.3. The number of amides is 2. The molecule has 3 aromatic rings. The van der Waals surface area contributed by atoms with Crippen molar-refractivity contribution >= 4 is 29.3 Å². The van der Waals surface area contributed by atoms with Crippen LogP contribution in [0.1, 0.15) is 5.56 Å². The van der Waals surface area contributed by atoms with E-state index in [2.05, 4.69) is 15.4 Å². The van der Waals surface area contributed by atoms with Crippen LogP contribution in [0.4, 0.5) is 20.2 Å². The zero-order valence-electron chi connectivity index (χ0n) is 19.7. The summed E-state index contributed by atoms with van der Waals surface area (Å²) in [4.78, 5) is 26.6. The summed E-state index contributed by atoms with van der Waals surface area (Å²) in [5, 5.41) is 5.24. The summed E-state index contributed by atoms with van der Waals surface area (Å²) in [6, 6.07) is 17.5. The van der Waals surface area contributed by atoms with Gasteiger partial charge < -0.3 is 29.6 Å². The highest BCUT2D eigenvalue weighted by Gasteiger charge is 2.23. The minimum atomic E-state index is -3.17. The fraction of sp³-hybridized carbons (Fsp3) is 0.154. The number of carbonyl (C=O) groups is 2. The number of carbonyl (C=O) groups excluding carboxylic acids is 2. The van der Waals surface area contributed by atoms with Crippen LogP contribution in [0, 0.1) is 0 Å². The molecule has 0 saturated heterocycles. The summed E-state index contributed by atoms with van der Waals surface area (Å²) < 4.78 is 46.5. The molecule has 0 radical (unpaired) electrons. The van der Waals surface area contributed by atoms with Crippen molar-refractivity contribution in [2.24, 2.45) is 0 Å². The predicted octanol–water partition coefficient (Wildman–Crippen LogP) is 4.97. The first-order valence-electron chi connectivity index (χ1n) is 10.6. The van der Waals surface area contributed by atoms with Crippen molar-refractivity contribution < 1.29 is 37.3 Å². The second-order valence-corrected chi connectivity index (χ2v) is 7.12. The smallest absolute Gasteiger partial charge is 0.387 e. The Balaban J connectivity index is 2.08. The lowest BCUT2D eigenvalue weighted by Gasteiger charge is -2.15. The lowest BCUT2D eigenvalue weighted by Crippen LogP contribution is -2.25. The van der Waals surface area contributed by atoms with Gasteiger partial charge in [0, 0.05) is 5.56 Å². The number of methoxy groups -OCH3 is 3. The Hall–Kier alpha value is -4.60. The van der Waals surface area contributed by atoms with Crippen LogP contribution in [0.25, 0.3) is 6.08 Å². The molecule has 0 bridgehead atoms. The van der Waals surface area contributed by atoms with Gasteiger partial charge in [0.05, 0.1) is 32.7 Å². The molecular formula is C26H24F2N2O6. The Morgan fingerprint density at radius 1 is 0.722 bits per heavy atom. The Morgan fingerprint density at radius 2 is 1.19 bits per heavy atom. The van der Waals surface area contributed by atoms with Crippen molar-refractivity contribution in [2.75, 3.05) is 32.0 Å². The van der Waals surface area contributed by atoms with E-state index in [4.69, 9.17) is 14.2 Å². The van der Waals surface area contributed by atoms with E-state index < -0.39 is 24.0 Å². The minimum Gasteiger partial charge on any atom is -0.495 e. The SMILES string of the molecule is COc1ccccc1NC(=O)C(=Cc1cccc(OC)c1OC(F)F)C(=O)Nc1ccccc1OC. The molecule has 0 aliphatic heterocycles. The lowest BCUT2D eigenvalue weighted by molar-refractivity contribution is -0.118. The number of hydrogen-bond acceptors (Lipinski definition) is 6. The summed E-state index contributed by atoms with van der Waals surface area (Å²) in [6.07, 6.45) is 1.13. The van der Waals surface area contributed by atoms with Gasteiger partial charge >= 0.3 is 6.61 Å². The molecule has 10 heteroatoms. The molecular weight excluding hydrogens is 474 g/mol. The first kappa shape index (κ1) is 26.0. The molecule has 0 saturated carbocycles. The molecule has 0 unspecified atom stereocenters. The van der Waals surface area contributed by atoms with Crippen LogP contribution in [-0.4, -0.2) is 39.8 Å². The van der Waals surface area contributed by atoms with E-state index in [1.807, 2.05) is 0 Å². The predicted molar refractivity (Wildman–Crippen MR) is 131 cm³/mol. The van der Waals surface area contributed by atoms with Gasteiger partial charge in [-0.3, -0.25) is 9.59 Å². The average Bonchev–Trinajstić information content (AvgIpc) is 2.88. The molecule has 188 valence electrons. The molecule has 2 N–H and O–H groups in total. The lowest BCUT2D eigenvalue weighted by atomic mass is 10.1. The number of nitrogens with one attached hydrogen (secondary N) is 2. The molecule has 3 aromatic carbocycles. The van der Waals surface area contributed by atoms with Crippen molar-refractivity contribution in [3.05, 3.63) is 77.9 Å². The number of ether oxygens (including phenoxy) is 4. The topological polar surface area (TPSA) is 95.1 Å². The fourth-order valence-electron chi connectivity index (χ4n) is 3.29. The molecule has 0 aromatic heterocycles. The molecule has 3 rings (SSSR count). The Bertz CT molecular complexity index is 1200. The second-order valence-electron chi connectivity index (χ2n) is 7.12. The maximum atomic E-state index is 13.3. The minimum absolute atomic E-state index is 0.00123. The monoisotopic (exact) mass is 498 g/mol. The average molecular weight is 498 g/mol. The van der Waals surface area contributed by atoms with Crippen LogP contribution in [0.3, 0.4) is 0 Å². The van der Waals surface area contributed by atoms with E-state index in [0.717, 1.165) is 6.08 Å². The number of para-hydroxylation sites is 5. The number of hydrogen-bond donors (Lipinski definition) is 2. The standard InChI is InChI=1S/C26H24F2N2O6/c1-33-20-12-6-4-10-18(20)29-24(31)17(25(32)30-19-11-5-7-13-21(19)34-2)15-16-9-8-14-22(35-3)23(16)36-26(27)28/h4-15,26H,1-3H3,(H,29,31)(H,30,32). The van der Waals surface area contributed by atoms with Crippen LogP contribution >= 0.6 is 0 Å². The third-order valence-electron chi connectivity index (χ3n) is 4.94. The van der Waals surface area contributed by atoms with Crippen molar-refractivity contribution in [1.29, 1.82) is 0 Å². The van der Waals surface area contributed by atoms with Crippen molar-refractivity contribution in [3.8, 4) is 23.0 Å². The van der Waals surface area contributed by atoms with Gasteiger partial charge in [-0.05, 0) is 36.4 Å². The number of halogens is 2. The third-order valence-corrected chi connectivity index (χ3v) is 4.94. The first-order valence-corrected chi connectivity index (χ1v) is 10.6. The number of alkyl halides is 2. The molecule has 0 aliphatic rings. The van der Waals surface area contributed by atoms with Crippen LogP contribution in [-0.2, 0) is 9.59 Å². The summed E-state index contributed by atoms with van der Waals surface area (Å²) in [6.45, 7) is -3.17. The Morgan fingerprint density at radius 3 is 1.67 bits per heavy atom. The van der Waals surface area contributed by atoms with Crippen LogP contribution in [0.15, 0.2) is 72.3 Å². The van der Waals surface area contributed by atoms with E-state index in [1.165, 1.54) is 39.5 Å². The van der Waals surface area contributed by atoms with Crippen molar-refractivity contribution in [3.63, 3.8) is 0 Å². The highest BCUT2D eigenvalue weighted by Crippen LogP contribution is 2.34. The Labute approximate surface area is 206 Å². The van der Waals surface area contributed by atoms with Gasteiger partial charge in [-0.15, -0.1) is 0 Å². The fourth-order valence-corrected chi connectivity index (χ4v) is 3.29. The number of rotatable bonds is 10. The molecule has 0 heterocycles. The van der Waals surface area contributed by atoms with Gasteiger partial charge in [-0.2, -0.15) is 8.78 Å². The van der Waals surface area contributed by atoms with E-state index in [-0.39, 0.29) is 17.1 Å². The highest BCUT2D eigenvalue weighted by molar-refractivity contribution is 6.29. The van der Waals surface area contributed by atoms with E-state index in [0.29, 0.717) is 22.9 Å².